The molecular weight excluding hydrogens is 371 g/mol. The van der Waals surface area contributed by atoms with Crippen LogP contribution in [-0.4, -0.2) is 32.1 Å². The topological polar surface area (TPSA) is 51.0 Å². The minimum Gasteiger partial charge on any atom is -0.335 e. The predicted molar refractivity (Wildman–Crippen MR) is 102 cm³/mol. The second-order valence-electron chi connectivity index (χ2n) is 5.86. The number of hydrogen-bond donors (Lipinski definition) is 0. The zero-order valence-corrected chi connectivity index (χ0v) is 15.8. The number of hydrogen-bond acceptors (Lipinski definition) is 3. The van der Waals surface area contributed by atoms with Crippen LogP contribution >= 0.6 is 23.2 Å². The highest BCUT2D eigenvalue weighted by Crippen LogP contribution is 2.23. The second-order valence-corrected chi connectivity index (χ2v) is 6.67. The van der Waals surface area contributed by atoms with Crippen LogP contribution in [0.4, 0.5) is 0 Å². The monoisotopic (exact) mass is 388 g/mol. The third-order valence-corrected chi connectivity index (χ3v) is 4.78. The Balaban J connectivity index is 1.70. The summed E-state index contributed by atoms with van der Waals surface area (Å²) >= 11 is 12.0. The molecule has 0 N–H and O–H groups in total. The number of benzene rings is 2. The summed E-state index contributed by atoms with van der Waals surface area (Å²) in [6, 6.07) is 13.0. The normalized spacial score (nSPS) is 10.7. The molecule has 0 spiro atoms. The van der Waals surface area contributed by atoms with Gasteiger partial charge in [0.15, 0.2) is 0 Å². The maximum atomic E-state index is 12.8. The van der Waals surface area contributed by atoms with Gasteiger partial charge >= 0.3 is 0 Å². The van der Waals surface area contributed by atoms with E-state index in [0.29, 0.717) is 35.2 Å². The lowest BCUT2D eigenvalue weighted by molar-refractivity contribution is 0.0752. The van der Waals surface area contributed by atoms with Crippen LogP contribution in [0.1, 0.15) is 28.4 Å². The summed E-state index contributed by atoms with van der Waals surface area (Å²) in [5.41, 5.74) is 2.64. The Bertz CT molecular complexity index is 879. The molecule has 0 fully saturated rings. The predicted octanol–water partition coefficient (Wildman–Crippen LogP) is 4.30. The van der Waals surface area contributed by atoms with Gasteiger partial charge in [0, 0.05) is 18.7 Å². The summed E-state index contributed by atoms with van der Waals surface area (Å²) < 4.78 is 1.74. The number of carbonyl (C=O) groups is 1. The van der Waals surface area contributed by atoms with Gasteiger partial charge < -0.3 is 4.90 Å². The molecule has 1 amide bonds. The standard InChI is InChI=1S/C19H18Cl2N4O/c1-2-24(10-15-5-8-17(20)18(21)9-15)19(26)16-6-3-14(4-7-16)11-25-13-22-12-23-25/h3-9,12-13H,2,10-11H2,1H3. The van der Waals surface area contributed by atoms with Crippen LogP contribution in [-0.2, 0) is 13.1 Å². The Hall–Kier alpha value is -2.37. The molecule has 2 aromatic carbocycles. The van der Waals surface area contributed by atoms with Gasteiger partial charge in [-0.2, -0.15) is 5.10 Å². The first-order chi connectivity index (χ1) is 12.6. The third-order valence-electron chi connectivity index (χ3n) is 4.04. The van der Waals surface area contributed by atoms with Crippen LogP contribution in [0.5, 0.6) is 0 Å². The summed E-state index contributed by atoms with van der Waals surface area (Å²) in [4.78, 5) is 18.5. The third kappa shape index (κ3) is 4.42. The van der Waals surface area contributed by atoms with Crippen molar-refractivity contribution >= 4 is 29.1 Å². The van der Waals surface area contributed by atoms with E-state index in [-0.39, 0.29) is 5.91 Å². The largest absolute Gasteiger partial charge is 0.335 e. The summed E-state index contributed by atoms with van der Waals surface area (Å²) in [6.45, 7) is 3.65. The summed E-state index contributed by atoms with van der Waals surface area (Å²) in [6.07, 6.45) is 3.16. The lowest BCUT2D eigenvalue weighted by Gasteiger charge is -2.21. The molecule has 1 heterocycles. The molecule has 0 aliphatic carbocycles. The van der Waals surface area contributed by atoms with Crippen molar-refractivity contribution in [1.82, 2.24) is 19.7 Å². The smallest absolute Gasteiger partial charge is 0.254 e. The van der Waals surface area contributed by atoms with E-state index in [4.69, 9.17) is 23.2 Å². The average molecular weight is 389 g/mol. The lowest BCUT2D eigenvalue weighted by Crippen LogP contribution is -2.30. The van der Waals surface area contributed by atoms with Gasteiger partial charge in [0.2, 0.25) is 0 Å². The zero-order valence-electron chi connectivity index (χ0n) is 14.3. The molecule has 1 aromatic heterocycles. The van der Waals surface area contributed by atoms with Crippen molar-refractivity contribution in [2.75, 3.05) is 6.54 Å². The minimum absolute atomic E-state index is 0.0223. The van der Waals surface area contributed by atoms with Crippen LogP contribution in [0.3, 0.4) is 0 Å². The summed E-state index contributed by atoms with van der Waals surface area (Å²) in [7, 11) is 0. The molecule has 134 valence electrons. The molecule has 3 rings (SSSR count). The van der Waals surface area contributed by atoms with Crippen LogP contribution in [0.25, 0.3) is 0 Å². The molecule has 0 radical (unpaired) electrons. The molecule has 26 heavy (non-hydrogen) atoms. The fourth-order valence-corrected chi connectivity index (χ4v) is 2.94. The number of amides is 1. The Morgan fingerprint density at radius 1 is 1.08 bits per heavy atom. The zero-order chi connectivity index (χ0) is 18.5. The molecule has 0 saturated carbocycles. The van der Waals surface area contributed by atoms with Crippen LogP contribution in [0.15, 0.2) is 55.1 Å². The van der Waals surface area contributed by atoms with Crippen molar-refractivity contribution in [2.24, 2.45) is 0 Å². The molecule has 0 aliphatic heterocycles. The quantitative estimate of drug-likeness (QED) is 0.632. The van der Waals surface area contributed by atoms with E-state index in [1.54, 1.807) is 28.0 Å². The number of aromatic nitrogens is 3. The highest BCUT2D eigenvalue weighted by molar-refractivity contribution is 6.42. The van der Waals surface area contributed by atoms with Gasteiger partial charge in [0.25, 0.3) is 5.91 Å². The van der Waals surface area contributed by atoms with Gasteiger partial charge in [0.05, 0.1) is 16.6 Å². The summed E-state index contributed by atoms with van der Waals surface area (Å²) in [5.74, 6) is -0.0223. The van der Waals surface area contributed by atoms with E-state index in [1.165, 1.54) is 6.33 Å². The van der Waals surface area contributed by atoms with Gasteiger partial charge in [-0.3, -0.25) is 4.79 Å². The van der Waals surface area contributed by atoms with E-state index in [2.05, 4.69) is 10.1 Å². The van der Waals surface area contributed by atoms with Gasteiger partial charge in [-0.25, -0.2) is 9.67 Å². The van der Waals surface area contributed by atoms with E-state index >= 15 is 0 Å². The van der Waals surface area contributed by atoms with Gasteiger partial charge in [-0.1, -0.05) is 41.4 Å². The van der Waals surface area contributed by atoms with Gasteiger partial charge in [-0.15, -0.1) is 0 Å². The molecule has 0 bridgehead atoms. The Labute approximate surface area is 162 Å². The molecule has 0 unspecified atom stereocenters. The molecule has 0 atom stereocenters. The molecular formula is C19H18Cl2N4O. The SMILES string of the molecule is CCN(Cc1ccc(Cl)c(Cl)c1)C(=O)c1ccc(Cn2cncn2)cc1. The van der Waals surface area contributed by atoms with E-state index < -0.39 is 0 Å². The number of nitrogens with zero attached hydrogens (tertiary/aromatic N) is 4. The summed E-state index contributed by atoms with van der Waals surface area (Å²) in [5, 5.41) is 5.08. The fourth-order valence-electron chi connectivity index (χ4n) is 2.62. The lowest BCUT2D eigenvalue weighted by atomic mass is 10.1. The molecule has 3 aromatic rings. The van der Waals surface area contributed by atoms with Crippen molar-refractivity contribution in [3.8, 4) is 0 Å². The van der Waals surface area contributed by atoms with Crippen molar-refractivity contribution in [3.05, 3.63) is 81.9 Å². The minimum atomic E-state index is -0.0223. The Morgan fingerprint density at radius 2 is 1.81 bits per heavy atom. The Morgan fingerprint density at radius 3 is 2.42 bits per heavy atom. The first kappa shape index (κ1) is 18.4. The van der Waals surface area contributed by atoms with Crippen molar-refractivity contribution in [3.63, 3.8) is 0 Å². The van der Waals surface area contributed by atoms with Crippen molar-refractivity contribution in [1.29, 1.82) is 0 Å². The van der Waals surface area contributed by atoms with Crippen LogP contribution in [0, 0.1) is 0 Å². The fraction of sp³-hybridized carbons (Fsp3) is 0.211. The first-order valence-electron chi connectivity index (χ1n) is 8.21. The van der Waals surface area contributed by atoms with E-state index in [0.717, 1.165) is 11.1 Å². The Kier molecular flexibility index (Phi) is 5.91. The average Bonchev–Trinajstić information content (AvgIpc) is 3.16. The van der Waals surface area contributed by atoms with E-state index in [1.807, 2.05) is 37.3 Å². The van der Waals surface area contributed by atoms with Crippen LogP contribution in [0.2, 0.25) is 10.0 Å². The maximum Gasteiger partial charge on any atom is 0.254 e. The maximum absolute atomic E-state index is 12.8. The second kappa shape index (κ2) is 8.34. The van der Waals surface area contributed by atoms with Gasteiger partial charge in [-0.05, 0) is 42.3 Å². The number of carbonyl (C=O) groups excluding carboxylic acids is 1. The molecule has 7 heteroatoms. The highest BCUT2D eigenvalue weighted by Gasteiger charge is 2.15. The number of halogens is 2. The van der Waals surface area contributed by atoms with Crippen molar-refractivity contribution in [2.45, 2.75) is 20.0 Å². The first-order valence-corrected chi connectivity index (χ1v) is 8.97. The van der Waals surface area contributed by atoms with E-state index in [9.17, 15) is 4.79 Å². The highest BCUT2D eigenvalue weighted by atomic mass is 35.5. The van der Waals surface area contributed by atoms with Crippen molar-refractivity contribution < 1.29 is 4.79 Å². The van der Waals surface area contributed by atoms with Gasteiger partial charge in [0.1, 0.15) is 12.7 Å². The number of rotatable bonds is 6. The molecule has 0 saturated heterocycles. The molecule has 0 aliphatic rings. The van der Waals surface area contributed by atoms with Crippen LogP contribution < -0.4 is 0 Å². The molecule has 5 nitrogen and oxygen atoms in total.